The normalized spacial score (nSPS) is 23.0. The number of carbonyl (C=O) groups is 5. The van der Waals surface area contributed by atoms with Crippen molar-refractivity contribution in [2.75, 3.05) is 24.7 Å². The van der Waals surface area contributed by atoms with Crippen LogP contribution in [0.3, 0.4) is 0 Å². The number of aliphatic hydroxyl groups is 1. The number of cyclic esters (lactones) is 1. The Morgan fingerprint density at radius 2 is 1.48 bits per heavy atom. The van der Waals surface area contributed by atoms with Crippen molar-refractivity contribution >= 4 is 35.5 Å². The van der Waals surface area contributed by atoms with Gasteiger partial charge in [-0.3, -0.25) is 19.3 Å². The fraction of sp³-hybridized carbons (Fsp3) is 0.229. The van der Waals surface area contributed by atoms with Crippen LogP contribution in [0.4, 0.5) is 15.3 Å². The highest BCUT2D eigenvalue weighted by molar-refractivity contribution is 6.24. The van der Waals surface area contributed by atoms with E-state index in [0.717, 1.165) is 16.0 Å². The Labute approximate surface area is 357 Å². The van der Waals surface area contributed by atoms with E-state index in [1.807, 2.05) is 95.9 Å². The first kappa shape index (κ1) is 41.3. The molecule has 2 saturated heterocycles. The molecular formula is C48H44N6O8. The van der Waals surface area contributed by atoms with Crippen molar-refractivity contribution in [3.8, 4) is 17.6 Å². The first-order valence-corrected chi connectivity index (χ1v) is 20.1. The van der Waals surface area contributed by atoms with E-state index in [0.29, 0.717) is 22.4 Å². The number of ether oxygens (including phenoxy) is 2. The largest absolute Gasteiger partial charge is 0.491 e. The maximum Gasteiger partial charge on any atom is 0.329 e. The number of fused-ring (bicyclic) bond motifs is 3. The number of urea groups is 2. The lowest BCUT2D eigenvalue weighted by molar-refractivity contribution is -0.178. The van der Waals surface area contributed by atoms with Crippen LogP contribution in [0.15, 0.2) is 133 Å². The van der Waals surface area contributed by atoms with Crippen LogP contribution in [0.1, 0.15) is 64.5 Å². The molecule has 14 heteroatoms. The number of benzene rings is 5. The predicted molar refractivity (Wildman–Crippen MR) is 228 cm³/mol. The van der Waals surface area contributed by atoms with Crippen molar-refractivity contribution in [1.29, 1.82) is 0 Å². The number of aliphatic hydroxyl groups excluding tert-OH is 1. The van der Waals surface area contributed by atoms with E-state index in [9.17, 15) is 24.3 Å². The number of rotatable bonds is 10. The highest BCUT2D eigenvalue weighted by atomic mass is 16.6. The zero-order valence-corrected chi connectivity index (χ0v) is 33.6. The number of amides is 6. The SMILES string of the molecule is C[C@@H](NC(=O)N1C(=O)[C@@]2(c3cc(C#CCNC(N)=O)ccc31)[C@H](c1ccc(OCCO)cc1)N1[C@H](c3ccccc3)[C@H](c3ccccc3)OC(=O)[C@H]1[C@@H]2C(N)=O)c1ccccc1. The van der Waals surface area contributed by atoms with Gasteiger partial charge < -0.3 is 36.7 Å². The van der Waals surface area contributed by atoms with Crippen molar-refractivity contribution in [3.05, 3.63) is 167 Å². The first-order chi connectivity index (χ1) is 30.1. The zero-order valence-electron chi connectivity index (χ0n) is 33.6. The molecule has 3 aliphatic rings. The summed E-state index contributed by atoms with van der Waals surface area (Å²) < 4.78 is 12.1. The number of esters is 1. The van der Waals surface area contributed by atoms with E-state index < -0.39 is 71.5 Å². The topological polar surface area (TPSA) is 207 Å². The molecule has 0 bridgehead atoms. The van der Waals surface area contributed by atoms with E-state index >= 15 is 4.79 Å². The van der Waals surface area contributed by atoms with Crippen LogP contribution in [0.2, 0.25) is 0 Å². The number of hydrogen-bond donors (Lipinski definition) is 5. The van der Waals surface area contributed by atoms with Gasteiger partial charge in [0, 0.05) is 5.56 Å². The lowest BCUT2D eigenvalue weighted by atomic mass is 9.65. The Bertz CT molecular complexity index is 2560. The molecule has 7 N–H and O–H groups in total. The second-order valence-electron chi connectivity index (χ2n) is 15.3. The van der Waals surface area contributed by atoms with Gasteiger partial charge in [0.15, 0.2) is 0 Å². The molecule has 14 nitrogen and oxygen atoms in total. The van der Waals surface area contributed by atoms with Crippen molar-refractivity contribution in [3.63, 3.8) is 0 Å². The molecule has 0 saturated carbocycles. The third-order valence-electron chi connectivity index (χ3n) is 11.7. The van der Waals surface area contributed by atoms with Gasteiger partial charge >= 0.3 is 18.0 Å². The minimum atomic E-state index is -2.05. The first-order valence-electron chi connectivity index (χ1n) is 20.1. The average Bonchev–Trinajstić information content (AvgIpc) is 3.74. The molecule has 7 atom stereocenters. The number of nitrogens with two attached hydrogens (primary N) is 2. The van der Waals surface area contributed by atoms with Crippen LogP contribution in [0.25, 0.3) is 0 Å². The van der Waals surface area contributed by atoms with Crippen molar-refractivity contribution in [2.24, 2.45) is 17.4 Å². The lowest BCUT2D eigenvalue weighted by Crippen LogP contribution is -2.55. The molecule has 3 aliphatic heterocycles. The van der Waals surface area contributed by atoms with Gasteiger partial charge in [0.25, 0.3) is 0 Å². The molecule has 5 aromatic rings. The Kier molecular flexibility index (Phi) is 11.5. The Morgan fingerprint density at radius 1 is 0.839 bits per heavy atom. The van der Waals surface area contributed by atoms with Crippen LogP contribution >= 0.6 is 0 Å². The number of imide groups is 1. The summed E-state index contributed by atoms with van der Waals surface area (Å²) in [6.45, 7) is 1.52. The maximum absolute atomic E-state index is 16.1. The quantitative estimate of drug-likeness (QED) is 0.0976. The van der Waals surface area contributed by atoms with Gasteiger partial charge in [-0.15, -0.1) is 0 Å². The fourth-order valence-corrected chi connectivity index (χ4v) is 9.28. The minimum absolute atomic E-state index is 0.0292. The van der Waals surface area contributed by atoms with E-state index in [1.165, 1.54) is 0 Å². The number of morpholine rings is 1. The highest BCUT2D eigenvalue weighted by Crippen LogP contribution is 2.65. The van der Waals surface area contributed by atoms with Crippen LogP contribution in [0.5, 0.6) is 5.75 Å². The van der Waals surface area contributed by atoms with E-state index in [4.69, 9.17) is 20.9 Å². The number of anilines is 1. The zero-order chi connectivity index (χ0) is 43.5. The van der Waals surface area contributed by atoms with Gasteiger partial charge in [0.2, 0.25) is 11.8 Å². The highest BCUT2D eigenvalue weighted by Gasteiger charge is 2.75. The monoisotopic (exact) mass is 832 g/mol. The number of hydrogen-bond acceptors (Lipinski definition) is 9. The Morgan fingerprint density at radius 3 is 2.11 bits per heavy atom. The Hall–Kier alpha value is -7.47. The third-order valence-corrected chi connectivity index (χ3v) is 11.7. The number of nitrogens with one attached hydrogen (secondary N) is 2. The van der Waals surface area contributed by atoms with Crippen LogP contribution < -0.4 is 31.7 Å². The minimum Gasteiger partial charge on any atom is -0.491 e. The molecule has 5 aromatic carbocycles. The van der Waals surface area contributed by atoms with Gasteiger partial charge in [-0.1, -0.05) is 115 Å². The lowest BCUT2D eigenvalue weighted by Gasteiger charge is -2.46. The van der Waals surface area contributed by atoms with Gasteiger partial charge in [-0.25, -0.2) is 14.5 Å². The van der Waals surface area contributed by atoms with E-state index in [1.54, 1.807) is 49.4 Å². The standard InChI is InChI=1S/C48H44N6O8/c1-29(31-13-5-2-6-14-31)52-47(60)53-37-24-19-30(12-11-25-51-46(50)59)28-36(37)48(45(53)58)38(43(49)56)40-44(57)62-41(33-17-9-4-10-18-33)39(32-15-7-3-8-16-32)54(40)42(48)34-20-22-35(23-21-34)61-27-26-55/h2-10,13-24,28-29,38-42,55H,25-27H2,1H3,(H2,49,56)(H,52,60)(H3,50,51,59)/t29-,38-,39-,40-,41+,42+,48-/m1/s1. The van der Waals surface area contributed by atoms with E-state index in [-0.39, 0.29) is 31.0 Å². The molecule has 0 unspecified atom stereocenters. The van der Waals surface area contributed by atoms with Crippen molar-refractivity contribution < 1.29 is 38.6 Å². The van der Waals surface area contributed by atoms with Gasteiger partial charge in [0.05, 0.1) is 42.9 Å². The number of nitrogens with zero attached hydrogens (tertiary/aromatic N) is 2. The second-order valence-corrected chi connectivity index (χ2v) is 15.3. The average molecular weight is 833 g/mol. The smallest absolute Gasteiger partial charge is 0.329 e. The summed E-state index contributed by atoms with van der Waals surface area (Å²) >= 11 is 0. The summed E-state index contributed by atoms with van der Waals surface area (Å²) in [6, 6.07) is 34.1. The molecule has 314 valence electrons. The Balaban J connectivity index is 1.40. The molecule has 62 heavy (non-hydrogen) atoms. The molecule has 0 radical (unpaired) electrons. The van der Waals surface area contributed by atoms with E-state index in [2.05, 4.69) is 22.5 Å². The van der Waals surface area contributed by atoms with Crippen molar-refractivity contribution in [2.45, 2.75) is 42.6 Å². The van der Waals surface area contributed by atoms with Crippen LogP contribution in [0, 0.1) is 17.8 Å². The second kappa shape index (κ2) is 17.3. The molecule has 8 rings (SSSR count). The molecule has 2 fully saturated rings. The summed E-state index contributed by atoms with van der Waals surface area (Å²) in [4.78, 5) is 74.5. The third kappa shape index (κ3) is 7.27. The number of carbonyl (C=O) groups excluding carboxylic acids is 5. The molecule has 0 aromatic heterocycles. The number of primary amides is 2. The van der Waals surface area contributed by atoms with Crippen LogP contribution in [-0.4, -0.2) is 65.7 Å². The summed E-state index contributed by atoms with van der Waals surface area (Å²) in [5.74, 6) is 2.16. The molecular weight excluding hydrogens is 789 g/mol. The van der Waals surface area contributed by atoms with Gasteiger partial charge in [-0.2, -0.15) is 0 Å². The van der Waals surface area contributed by atoms with Gasteiger partial charge in [-0.05, 0) is 65.1 Å². The molecule has 6 amide bonds. The fourth-order valence-electron chi connectivity index (χ4n) is 9.28. The molecule has 3 heterocycles. The summed E-state index contributed by atoms with van der Waals surface area (Å²) in [6.07, 6.45) is -0.919. The summed E-state index contributed by atoms with van der Waals surface area (Å²) in [5.41, 5.74) is 13.1. The molecule has 0 aliphatic carbocycles. The predicted octanol–water partition coefficient (Wildman–Crippen LogP) is 4.70. The van der Waals surface area contributed by atoms with Crippen molar-refractivity contribution in [1.82, 2.24) is 15.5 Å². The summed E-state index contributed by atoms with van der Waals surface area (Å²) in [5, 5.41) is 14.9. The van der Waals surface area contributed by atoms with Gasteiger partial charge in [0.1, 0.15) is 29.9 Å². The maximum atomic E-state index is 16.1. The van der Waals surface area contributed by atoms with Crippen LogP contribution in [-0.2, 0) is 24.5 Å². The summed E-state index contributed by atoms with van der Waals surface area (Å²) in [7, 11) is 0. The molecule has 1 spiro atoms.